The molecule has 1 unspecified atom stereocenters. The summed E-state index contributed by atoms with van der Waals surface area (Å²) in [6.45, 7) is 7.53. The number of unbranched alkanes of at least 4 members (excludes halogenated alkanes) is 1. The van der Waals surface area contributed by atoms with Crippen molar-refractivity contribution in [2.24, 2.45) is 11.5 Å². The van der Waals surface area contributed by atoms with Gasteiger partial charge >= 0.3 is 0 Å². The van der Waals surface area contributed by atoms with Crippen molar-refractivity contribution >= 4 is 18.2 Å². The van der Waals surface area contributed by atoms with Crippen LogP contribution in [0.3, 0.4) is 0 Å². The Labute approximate surface area is 255 Å². The third-order valence-electron chi connectivity index (χ3n) is 7.51. The molecule has 8 heteroatoms. The Hall–Kier alpha value is -4.17. The number of amides is 3. The minimum absolute atomic E-state index is 0.273. The molecule has 8 nitrogen and oxygen atoms in total. The minimum atomic E-state index is -0.841. The molecule has 0 heterocycles. The largest absolute Gasteiger partial charge is 0.494 e. The van der Waals surface area contributed by atoms with Gasteiger partial charge in [0.1, 0.15) is 17.8 Å². The average molecular weight is 587 g/mol. The summed E-state index contributed by atoms with van der Waals surface area (Å²) in [4.78, 5) is 36.6. The van der Waals surface area contributed by atoms with Crippen LogP contribution in [0.4, 0.5) is 0 Å². The van der Waals surface area contributed by atoms with Crippen LogP contribution >= 0.6 is 0 Å². The standard InChI is InChI=1S/C35H46N4O4/c1-4-28-22-30(43-17-6-5-16-36)14-15-31(28)29-12-10-26(11-13-29)21-33(38-23-40)35(42)39-32(34(37)41)9-7-8-27-19-24(2)18-25(3)20-27/h10-15,18-20,22-23,32-33H,4-9,16-17,21,36H2,1-3H3,(H2,37,41)(H,38,40)(H,39,42)/t32?,33-/m0/s1. The van der Waals surface area contributed by atoms with E-state index in [1.807, 2.05) is 30.3 Å². The Balaban J connectivity index is 1.62. The number of ether oxygens (including phenoxy) is 1. The van der Waals surface area contributed by atoms with E-state index in [4.69, 9.17) is 16.2 Å². The van der Waals surface area contributed by atoms with Crippen LogP contribution < -0.4 is 26.8 Å². The molecule has 3 aromatic rings. The molecule has 3 amide bonds. The van der Waals surface area contributed by atoms with Crippen molar-refractivity contribution in [3.63, 3.8) is 0 Å². The smallest absolute Gasteiger partial charge is 0.243 e. The van der Waals surface area contributed by atoms with Crippen LogP contribution in [0.5, 0.6) is 5.75 Å². The first-order valence-electron chi connectivity index (χ1n) is 15.2. The van der Waals surface area contributed by atoms with Gasteiger partial charge in [0, 0.05) is 6.42 Å². The maximum Gasteiger partial charge on any atom is 0.243 e. The first-order chi connectivity index (χ1) is 20.7. The highest BCUT2D eigenvalue weighted by Crippen LogP contribution is 2.28. The monoisotopic (exact) mass is 586 g/mol. The van der Waals surface area contributed by atoms with Crippen LogP contribution in [-0.4, -0.2) is 43.5 Å². The predicted molar refractivity (Wildman–Crippen MR) is 172 cm³/mol. The summed E-state index contributed by atoms with van der Waals surface area (Å²) < 4.78 is 5.88. The van der Waals surface area contributed by atoms with Gasteiger partial charge in [-0.2, -0.15) is 0 Å². The topological polar surface area (TPSA) is 137 Å². The number of aryl methyl sites for hydroxylation is 4. The zero-order chi connectivity index (χ0) is 31.2. The Morgan fingerprint density at radius 3 is 2.26 bits per heavy atom. The summed E-state index contributed by atoms with van der Waals surface area (Å²) in [6.07, 6.45) is 5.37. The Bertz CT molecular complexity index is 1340. The summed E-state index contributed by atoms with van der Waals surface area (Å²) in [5.41, 5.74) is 19.0. The Morgan fingerprint density at radius 1 is 0.907 bits per heavy atom. The molecule has 0 spiro atoms. The molecule has 0 aliphatic carbocycles. The van der Waals surface area contributed by atoms with Crippen LogP contribution in [0, 0.1) is 13.8 Å². The summed E-state index contributed by atoms with van der Waals surface area (Å²) in [5.74, 6) is -0.189. The van der Waals surface area contributed by atoms with Crippen molar-refractivity contribution in [3.05, 3.63) is 88.5 Å². The molecule has 0 bridgehead atoms. The Kier molecular flexibility index (Phi) is 13.2. The normalized spacial score (nSPS) is 12.3. The lowest BCUT2D eigenvalue weighted by atomic mass is 9.95. The van der Waals surface area contributed by atoms with E-state index in [1.54, 1.807) is 0 Å². The van der Waals surface area contributed by atoms with E-state index < -0.39 is 23.9 Å². The van der Waals surface area contributed by atoms with Crippen molar-refractivity contribution in [1.82, 2.24) is 10.6 Å². The van der Waals surface area contributed by atoms with Gasteiger partial charge in [-0.25, -0.2) is 0 Å². The van der Waals surface area contributed by atoms with Crippen molar-refractivity contribution in [1.29, 1.82) is 0 Å². The van der Waals surface area contributed by atoms with Crippen LogP contribution in [0.25, 0.3) is 11.1 Å². The number of primary amides is 1. The van der Waals surface area contributed by atoms with Gasteiger partial charge in [-0.3, -0.25) is 14.4 Å². The quantitative estimate of drug-likeness (QED) is 0.130. The van der Waals surface area contributed by atoms with E-state index in [0.717, 1.165) is 48.1 Å². The molecule has 0 aliphatic heterocycles. The number of hydrogen-bond donors (Lipinski definition) is 4. The number of nitrogens with two attached hydrogens (primary N) is 2. The number of rotatable bonds is 18. The number of carbonyl (C=O) groups excluding carboxylic acids is 3. The summed E-state index contributed by atoms with van der Waals surface area (Å²) in [5, 5.41) is 5.36. The molecule has 43 heavy (non-hydrogen) atoms. The number of hydrogen-bond acceptors (Lipinski definition) is 5. The lowest BCUT2D eigenvalue weighted by molar-refractivity contribution is -0.129. The molecule has 3 aromatic carbocycles. The first kappa shape index (κ1) is 33.3. The van der Waals surface area contributed by atoms with Crippen LogP contribution in [-0.2, 0) is 33.6 Å². The second-order valence-corrected chi connectivity index (χ2v) is 11.1. The third-order valence-corrected chi connectivity index (χ3v) is 7.51. The van der Waals surface area contributed by atoms with Gasteiger partial charge in [0.15, 0.2) is 0 Å². The SMILES string of the molecule is CCc1cc(OCCCCN)ccc1-c1ccc(C[C@H](NC=O)C(=O)NC(CCCc2cc(C)cc(C)c2)C(N)=O)cc1. The highest BCUT2D eigenvalue weighted by molar-refractivity contribution is 5.90. The van der Waals surface area contributed by atoms with Gasteiger partial charge in [0.25, 0.3) is 0 Å². The zero-order valence-corrected chi connectivity index (χ0v) is 25.7. The number of carbonyl (C=O) groups is 3. The molecule has 0 aliphatic rings. The lowest BCUT2D eigenvalue weighted by Gasteiger charge is -2.21. The van der Waals surface area contributed by atoms with E-state index in [9.17, 15) is 14.4 Å². The van der Waals surface area contributed by atoms with Crippen molar-refractivity contribution < 1.29 is 19.1 Å². The summed E-state index contributed by atoms with van der Waals surface area (Å²) in [7, 11) is 0. The van der Waals surface area contributed by atoms with Gasteiger partial charge in [0.05, 0.1) is 6.61 Å². The minimum Gasteiger partial charge on any atom is -0.494 e. The van der Waals surface area contributed by atoms with E-state index in [-0.39, 0.29) is 6.42 Å². The molecular formula is C35H46N4O4. The van der Waals surface area contributed by atoms with Crippen LogP contribution in [0.2, 0.25) is 0 Å². The maximum atomic E-state index is 13.1. The fourth-order valence-corrected chi connectivity index (χ4v) is 5.32. The van der Waals surface area contributed by atoms with E-state index in [0.29, 0.717) is 32.4 Å². The molecule has 2 atom stereocenters. The molecule has 0 saturated carbocycles. The molecule has 3 rings (SSSR count). The van der Waals surface area contributed by atoms with Crippen molar-refractivity contribution in [3.8, 4) is 16.9 Å². The molecule has 0 fully saturated rings. The average Bonchev–Trinajstić information content (AvgIpc) is 2.98. The molecule has 6 N–H and O–H groups in total. The van der Waals surface area contributed by atoms with E-state index in [1.165, 1.54) is 22.3 Å². The van der Waals surface area contributed by atoms with Crippen LogP contribution in [0.1, 0.15) is 60.4 Å². The number of nitrogens with one attached hydrogen (secondary N) is 2. The van der Waals surface area contributed by atoms with Gasteiger partial charge in [-0.15, -0.1) is 0 Å². The zero-order valence-electron chi connectivity index (χ0n) is 25.7. The molecule has 0 radical (unpaired) electrons. The fourth-order valence-electron chi connectivity index (χ4n) is 5.32. The van der Waals surface area contributed by atoms with Crippen molar-refractivity contribution in [2.75, 3.05) is 13.2 Å². The van der Waals surface area contributed by atoms with Gasteiger partial charge in [-0.05, 0) is 98.9 Å². The third kappa shape index (κ3) is 10.6. The van der Waals surface area contributed by atoms with E-state index >= 15 is 0 Å². The predicted octanol–water partition coefficient (Wildman–Crippen LogP) is 4.30. The maximum absolute atomic E-state index is 13.1. The second kappa shape index (κ2) is 17.1. The highest BCUT2D eigenvalue weighted by Gasteiger charge is 2.24. The van der Waals surface area contributed by atoms with Gasteiger partial charge in [-0.1, -0.05) is 66.6 Å². The molecule has 0 saturated heterocycles. The molecule has 230 valence electrons. The fraction of sp³-hybridized carbons (Fsp3) is 0.400. The van der Waals surface area contributed by atoms with Crippen molar-refractivity contribution in [2.45, 2.75) is 77.8 Å². The number of benzene rings is 3. The van der Waals surface area contributed by atoms with Gasteiger partial charge in [0.2, 0.25) is 18.2 Å². The lowest BCUT2D eigenvalue weighted by Crippen LogP contribution is -2.52. The second-order valence-electron chi connectivity index (χ2n) is 11.1. The highest BCUT2D eigenvalue weighted by atomic mass is 16.5. The molecule has 0 aromatic heterocycles. The summed E-state index contributed by atoms with van der Waals surface area (Å²) in [6, 6.07) is 18.8. The van der Waals surface area contributed by atoms with Crippen LogP contribution in [0.15, 0.2) is 60.7 Å². The van der Waals surface area contributed by atoms with Gasteiger partial charge < -0.3 is 26.8 Å². The molecular weight excluding hydrogens is 540 g/mol. The first-order valence-corrected chi connectivity index (χ1v) is 15.2. The summed E-state index contributed by atoms with van der Waals surface area (Å²) >= 11 is 0. The van der Waals surface area contributed by atoms with E-state index in [2.05, 4.69) is 61.7 Å². The Morgan fingerprint density at radius 2 is 1.63 bits per heavy atom.